The minimum atomic E-state index is -0.792. The number of pyridine rings is 2. The third kappa shape index (κ3) is 4.49. The van der Waals surface area contributed by atoms with E-state index in [1.54, 1.807) is 16.7 Å². The van der Waals surface area contributed by atoms with Crippen molar-refractivity contribution in [2.45, 2.75) is 59.5 Å². The SMILES string of the molecule is CCn1cc(C(=O)OCC(=O)NC2CCCC(C)C2C)c(=O)c2ccc(C)nc21. The molecule has 29 heavy (non-hydrogen) atoms. The van der Waals surface area contributed by atoms with Crippen LogP contribution in [-0.4, -0.2) is 34.1 Å². The molecule has 0 bridgehead atoms. The molecule has 2 aromatic heterocycles. The predicted octanol–water partition coefficient (Wildman–Crippen LogP) is 2.82. The molecule has 3 unspecified atom stereocenters. The summed E-state index contributed by atoms with van der Waals surface area (Å²) in [5.74, 6) is -0.186. The van der Waals surface area contributed by atoms with Gasteiger partial charge in [0.15, 0.2) is 6.61 Å². The van der Waals surface area contributed by atoms with Crippen LogP contribution in [0.5, 0.6) is 0 Å². The number of hydrogen-bond acceptors (Lipinski definition) is 5. The fraction of sp³-hybridized carbons (Fsp3) is 0.545. The molecule has 0 aromatic carbocycles. The van der Waals surface area contributed by atoms with Gasteiger partial charge >= 0.3 is 5.97 Å². The first kappa shape index (κ1) is 21.0. The average molecular weight is 399 g/mol. The second kappa shape index (κ2) is 8.76. The zero-order valence-electron chi connectivity index (χ0n) is 17.5. The number of aromatic nitrogens is 2. The smallest absolute Gasteiger partial charge is 0.344 e. The van der Waals surface area contributed by atoms with Gasteiger partial charge in [0.25, 0.3) is 5.91 Å². The van der Waals surface area contributed by atoms with Crippen LogP contribution in [0.1, 0.15) is 56.1 Å². The predicted molar refractivity (Wildman–Crippen MR) is 111 cm³/mol. The molecule has 7 nitrogen and oxygen atoms in total. The van der Waals surface area contributed by atoms with Gasteiger partial charge in [-0.3, -0.25) is 9.59 Å². The zero-order valence-corrected chi connectivity index (χ0v) is 17.5. The molecule has 7 heteroatoms. The van der Waals surface area contributed by atoms with Gasteiger partial charge in [0.05, 0.1) is 5.39 Å². The van der Waals surface area contributed by atoms with Crippen LogP contribution < -0.4 is 10.7 Å². The van der Waals surface area contributed by atoms with Crippen molar-refractivity contribution in [3.8, 4) is 0 Å². The number of esters is 1. The van der Waals surface area contributed by atoms with Crippen molar-refractivity contribution in [2.24, 2.45) is 11.8 Å². The molecule has 3 atom stereocenters. The number of amides is 1. The number of ether oxygens (including phenoxy) is 1. The molecule has 3 rings (SSSR count). The number of carbonyl (C=O) groups is 2. The van der Waals surface area contributed by atoms with Gasteiger partial charge < -0.3 is 14.6 Å². The molecule has 0 spiro atoms. The molecule has 1 saturated carbocycles. The quantitative estimate of drug-likeness (QED) is 0.781. The standard InChI is InChI=1S/C22H29N3O4/c1-5-25-11-17(20(27)16-10-9-14(3)23-21(16)25)22(28)29-12-19(26)24-18-8-6-7-13(2)15(18)4/h9-11,13,15,18H,5-8,12H2,1-4H3,(H,24,26). The summed E-state index contributed by atoms with van der Waals surface area (Å²) in [6.45, 7) is 8.23. The van der Waals surface area contributed by atoms with Gasteiger partial charge in [0.1, 0.15) is 11.2 Å². The topological polar surface area (TPSA) is 90.3 Å². The van der Waals surface area contributed by atoms with Crippen LogP contribution in [0, 0.1) is 18.8 Å². The van der Waals surface area contributed by atoms with E-state index in [2.05, 4.69) is 24.1 Å². The highest BCUT2D eigenvalue weighted by molar-refractivity contribution is 5.94. The number of nitrogens with one attached hydrogen (secondary N) is 1. The monoisotopic (exact) mass is 399 g/mol. The van der Waals surface area contributed by atoms with Crippen molar-refractivity contribution < 1.29 is 14.3 Å². The van der Waals surface area contributed by atoms with Crippen LogP contribution in [0.2, 0.25) is 0 Å². The fourth-order valence-corrected chi connectivity index (χ4v) is 3.99. The maximum Gasteiger partial charge on any atom is 0.344 e. The molecule has 156 valence electrons. The van der Waals surface area contributed by atoms with Crippen LogP contribution >= 0.6 is 0 Å². The van der Waals surface area contributed by atoms with E-state index in [9.17, 15) is 14.4 Å². The maximum absolute atomic E-state index is 12.7. The molecule has 0 radical (unpaired) electrons. The van der Waals surface area contributed by atoms with E-state index in [0.29, 0.717) is 29.4 Å². The lowest BCUT2D eigenvalue weighted by molar-refractivity contribution is -0.125. The molecule has 0 aliphatic heterocycles. The lowest BCUT2D eigenvalue weighted by atomic mass is 9.78. The summed E-state index contributed by atoms with van der Waals surface area (Å²) in [4.78, 5) is 41.9. The number of carbonyl (C=O) groups excluding carboxylic acids is 2. The highest BCUT2D eigenvalue weighted by atomic mass is 16.5. The first-order valence-electron chi connectivity index (χ1n) is 10.3. The Kier molecular flexibility index (Phi) is 6.35. The summed E-state index contributed by atoms with van der Waals surface area (Å²) in [5, 5.41) is 3.33. The van der Waals surface area contributed by atoms with Gasteiger partial charge in [-0.25, -0.2) is 9.78 Å². The molecule has 1 amide bonds. The van der Waals surface area contributed by atoms with E-state index < -0.39 is 18.0 Å². The molecule has 1 aliphatic rings. The Hall–Kier alpha value is -2.70. The van der Waals surface area contributed by atoms with Crippen LogP contribution in [0.25, 0.3) is 11.0 Å². The molecule has 2 aromatic rings. The number of aryl methyl sites for hydroxylation is 2. The summed E-state index contributed by atoms with van der Waals surface area (Å²) < 4.78 is 6.90. The molecular weight excluding hydrogens is 370 g/mol. The Bertz CT molecular complexity index is 982. The number of hydrogen-bond donors (Lipinski definition) is 1. The van der Waals surface area contributed by atoms with Gasteiger partial charge in [-0.2, -0.15) is 0 Å². The largest absolute Gasteiger partial charge is 0.452 e. The van der Waals surface area contributed by atoms with Crippen molar-refractivity contribution in [2.75, 3.05) is 6.61 Å². The van der Waals surface area contributed by atoms with Crippen molar-refractivity contribution in [1.82, 2.24) is 14.9 Å². The van der Waals surface area contributed by atoms with Crippen molar-refractivity contribution in [1.29, 1.82) is 0 Å². The van der Waals surface area contributed by atoms with E-state index in [-0.39, 0.29) is 17.5 Å². The first-order valence-corrected chi connectivity index (χ1v) is 10.3. The lowest BCUT2D eigenvalue weighted by Gasteiger charge is -2.34. The normalized spacial score (nSPS) is 21.7. The summed E-state index contributed by atoms with van der Waals surface area (Å²) in [6.07, 6.45) is 4.64. The van der Waals surface area contributed by atoms with Crippen LogP contribution in [0.4, 0.5) is 0 Å². The summed E-state index contributed by atoms with van der Waals surface area (Å²) >= 11 is 0. The number of fused-ring (bicyclic) bond motifs is 1. The van der Waals surface area contributed by atoms with Crippen molar-refractivity contribution in [3.05, 3.63) is 39.8 Å². The van der Waals surface area contributed by atoms with Crippen molar-refractivity contribution >= 4 is 22.9 Å². The summed E-state index contributed by atoms with van der Waals surface area (Å²) in [7, 11) is 0. The fourth-order valence-electron chi connectivity index (χ4n) is 3.99. The highest BCUT2D eigenvalue weighted by Gasteiger charge is 2.28. The molecule has 2 heterocycles. The van der Waals surface area contributed by atoms with Gasteiger partial charge in [0, 0.05) is 24.5 Å². The van der Waals surface area contributed by atoms with E-state index in [0.717, 1.165) is 18.5 Å². The minimum Gasteiger partial charge on any atom is -0.452 e. The van der Waals surface area contributed by atoms with Crippen LogP contribution in [-0.2, 0) is 16.1 Å². The molecule has 1 N–H and O–H groups in total. The van der Waals surface area contributed by atoms with E-state index in [1.165, 1.54) is 12.6 Å². The second-order valence-corrected chi connectivity index (χ2v) is 8.00. The Balaban J connectivity index is 1.71. The van der Waals surface area contributed by atoms with Gasteiger partial charge in [0.2, 0.25) is 5.43 Å². The Morgan fingerprint density at radius 1 is 1.28 bits per heavy atom. The van der Waals surface area contributed by atoms with Gasteiger partial charge in [-0.05, 0) is 44.2 Å². The minimum absolute atomic E-state index is 0.0857. The second-order valence-electron chi connectivity index (χ2n) is 8.00. The Labute approximate surface area is 170 Å². The van der Waals surface area contributed by atoms with Crippen LogP contribution in [0.15, 0.2) is 23.1 Å². The zero-order chi connectivity index (χ0) is 21.1. The number of nitrogens with zero attached hydrogens (tertiary/aromatic N) is 2. The molecular formula is C22H29N3O4. The molecule has 1 aliphatic carbocycles. The Morgan fingerprint density at radius 3 is 2.76 bits per heavy atom. The highest BCUT2D eigenvalue weighted by Crippen LogP contribution is 2.29. The molecule has 1 fully saturated rings. The van der Waals surface area contributed by atoms with E-state index in [1.807, 2.05) is 13.8 Å². The van der Waals surface area contributed by atoms with Gasteiger partial charge in [-0.15, -0.1) is 0 Å². The summed E-state index contributed by atoms with van der Waals surface area (Å²) in [5.41, 5.74) is 0.805. The Morgan fingerprint density at radius 2 is 2.03 bits per heavy atom. The van der Waals surface area contributed by atoms with E-state index >= 15 is 0 Å². The summed E-state index contributed by atoms with van der Waals surface area (Å²) in [6, 6.07) is 3.50. The molecule has 0 saturated heterocycles. The number of rotatable bonds is 5. The van der Waals surface area contributed by atoms with Crippen molar-refractivity contribution in [3.63, 3.8) is 0 Å². The van der Waals surface area contributed by atoms with Crippen LogP contribution in [0.3, 0.4) is 0 Å². The maximum atomic E-state index is 12.7. The first-order chi connectivity index (χ1) is 13.8. The third-order valence-corrected chi connectivity index (χ3v) is 6.01. The third-order valence-electron chi connectivity index (χ3n) is 6.01. The van der Waals surface area contributed by atoms with E-state index in [4.69, 9.17) is 4.74 Å². The average Bonchev–Trinajstić information content (AvgIpc) is 2.70. The van der Waals surface area contributed by atoms with Gasteiger partial charge in [-0.1, -0.05) is 26.7 Å². The lowest BCUT2D eigenvalue weighted by Crippen LogP contribution is -2.45.